The zero-order valence-electron chi connectivity index (χ0n) is 13.1. The molecule has 0 saturated heterocycles. The largest absolute Gasteiger partial charge is 0.344 e. The van der Waals surface area contributed by atoms with Gasteiger partial charge in [-0.3, -0.25) is 9.48 Å². The summed E-state index contributed by atoms with van der Waals surface area (Å²) in [4.78, 5) is 18.3. The zero-order chi connectivity index (χ0) is 16.0. The van der Waals surface area contributed by atoms with Gasteiger partial charge in [-0.2, -0.15) is 5.10 Å². The van der Waals surface area contributed by atoms with Crippen LogP contribution in [0.4, 0.5) is 0 Å². The molecule has 1 N–H and O–H groups in total. The molecule has 0 aliphatic heterocycles. The fourth-order valence-electron chi connectivity index (χ4n) is 2.98. The zero-order valence-corrected chi connectivity index (χ0v) is 13.9. The molecule has 3 heterocycles. The fourth-order valence-corrected chi connectivity index (χ4v) is 3.85. The third-order valence-electron chi connectivity index (χ3n) is 4.35. The maximum Gasteiger partial charge on any atom is 0.253 e. The van der Waals surface area contributed by atoms with Gasteiger partial charge < -0.3 is 5.32 Å². The number of carbonyl (C=O) groups excluding carboxylic acids is 1. The summed E-state index contributed by atoms with van der Waals surface area (Å²) in [6.45, 7) is 1.93. The normalized spacial score (nSPS) is 15.7. The van der Waals surface area contributed by atoms with Gasteiger partial charge in [-0.05, 0) is 43.2 Å². The van der Waals surface area contributed by atoms with Gasteiger partial charge in [0.1, 0.15) is 0 Å². The molecule has 1 aliphatic carbocycles. The van der Waals surface area contributed by atoms with Crippen molar-refractivity contribution in [1.29, 1.82) is 0 Å². The first kappa shape index (κ1) is 14.4. The molecule has 0 bridgehead atoms. The van der Waals surface area contributed by atoms with Gasteiger partial charge in [-0.25, -0.2) is 4.98 Å². The second-order valence-electron chi connectivity index (χ2n) is 6.11. The Morgan fingerprint density at radius 2 is 2.30 bits per heavy atom. The van der Waals surface area contributed by atoms with E-state index in [-0.39, 0.29) is 11.9 Å². The number of carbonyl (C=O) groups is 1. The van der Waals surface area contributed by atoms with Crippen LogP contribution in [0.1, 0.15) is 39.8 Å². The molecule has 1 amide bonds. The molecule has 0 unspecified atom stereocenters. The molecular weight excluding hydrogens is 308 g/mol. The van der Waals surface area contributed by atoms with Gasteiger partial charge in [0, 0.05) is 23.5 Å². The van der Waals surface area contributed by atoms with Gasteiger partial charge >= 0.3 is 0 Å². The number of hydrogen-bond acceptors (Lipinski definition) is 4. The van der Waals surface area contributed by atoms with E-state index in [1.54, 1.807) is 22.2 Å². The molecule has 23 heavy (non-hydrogen) atoms. The van der Waals surface area contributed by atoms with Crippen LogP contribution in [-0.2, 0) is 7.05 Å². The lowest BCUT2D eigenvalue weighted by Crippen LogP contribution is -2.29. The van der Waals surface area contributed by atoms with Crippen LogP contribution < -0.4 is 5.32 Å². The van der Waals surface area contributed by atoms with Gasteiger partial charge in [-0.15, -0.1) is 11.3 Å². The van der Waals surface area contributed by atoms with E-state index in [9.17, 15) is 4.79 Å². The van der Waals surface area contributed by atoms with Crippen LogP contribution in [0.15, 0.2) is 29.8 Å². The molecule has 3 aromatic rings. The van der Waals surface area contributed by atoms with Crippen LogP contribution in [0.3, 0.4) is 0 Å². The predicted molar refractivity (Wildman–Crippen MR) is 90.5 cm³/mol. The summed E-state index contributed by atoms with van der Waals surface area (Å²) in [6, 6.07) is 6.14. The Morgan fingerprint density at radius 3 is 3.00 bits per heavy atom. The van der Waals surface area contributed by atoms with Crippen LogP contribution in [0.2, 0.25) is 0 Å². The van der Waals surface area contributed by atoms with E-state index in [1.165, 1.54) is 17.7 Å². The Labute approximate surface area is 138 Å². The number of amides is 1. The number of aromatic nitrogens is 3. The highest BCUT2D eigenvalue weighted by molar-refractivity contribution is 7.10. The highest BCUT2D eigenvalue weighted by Gasteiger charge is 2.34. The van der Waals surface area contributed by atoms with E-state index >= 15 is 0 Å². The average molecular weight is 326 g/mol. The summed E-state index contributed by atoms with van der Waals surface area (Å²) in [5, 5.41) is 10.5. The Kier molecular flexibility index (Phi) is 3.41. The van der Waals surface area contributed by atoms with Crippen molar-refractivity contribution >= 4 is 28.3 Å². The number of hydrogen-bond donors (Lipinski definition) is 1. The van der Waals surface area contributed by atoms with E-state index in [1.807, 2.05) is 26.1 Å². The van der Waals surface area contributed by atoms with Crippen LogP contribution in [0.25, 0.3) is 11.0 Å². The maximum atomic E-state index is 12.7. The first-order chi connectivity index (χ1) is 11.1. The third-order valence-corrected chi connectivity index (χ3v) is 5.31. The molecule has 118 valence electrons. The monoisotopic (exact) mass is 326 g/mol. The smallest absolute Gasteiger partial charge is 0.253 e. The lowest BCUT2D eigenvalue weighted by Gasteiger charge is -2.16. The highest BCUT2D eigenvalue weighted by atomic mass is 32.1. The van der Waals surface area contributed by atoms with Crippen molar-refractivity contribution in [2.24, 2.45) is 13.0 Å². The number of aryl methyl sites for hydroxylation is 2. The van der Waals surface area contributed by atoms with Crippen molar-refractivity contribution in [3.05, 3.63) is 45.9 Å². The summed E-state index contributed by atoms with van der Waals surface area (Å²) in [7, 11) is 1.86. The Balaban J connectivity index is 1.62. The topological polar surface area (TPSA) is 59.8 Å². The first-order valence-corrected chi connectivity index (χ1v) is 8.65. The quantitative estimate of drug-likeness (QED) is 0.801. The Bertz CT molecular complexity index is 864. The standard InChI is InChI=1S/C17H18N4OS/c1-10-13-8-12(9-18-16(13)21(2)20-10)17(22)19-15(11-5-6-11)14-4-3-7-23-14/h3-4,7-9,11,15H,5-6H2,1-2H3,(H,19,22)/t15-/m0/s1. The second-order valence-corrected chi connectivity index (χ2v) is 7.09. The third kappa shape index (κ3) is 2.63. The van der Waals surface area contributed by atoms with Gasteiger partial charge in [0.15, 0.2) is 5.65 Å². The lowest BCUT2D eigenvalue weighted by molar-refractivity contribution is 0.0932. The molecule has 0 aromatic carbocycles. The van der Waals surface area contributed by atoms with E-state index in [2.05, 4.69) is 26.8 Å². The van der Waals surface area contributed by atoms with E-state index in [0.717, 1.165) is 16.7 Å². The number of rotatable bonds is 4. The molecule has 6 heteroatoms. The van der Waals surface area contributed by atoms with Crippen molar-refractivity contribution in [2.75, 3.05) is 0 Å². The van der Waals surface area contributed by atoms with E-state index < -0.39 is 0 Å². The van der Waals surface area contributed by atoms with Crippen molar-refractivity contribution in [2.45, 2.75) is 25.8 Å². The number of thiophene rings is 1. The van der Waals surface area contributed by atoms with Crippen molar-refractivity contribution in [3.63, 3.8) is 0 Å². The number of nitrogens with one attached hydrogen (secondary N) is 1. The van der Waals surface area contributed by atoms with Crippen molar-refractivity contribution in [1.82, 2.24) is 20.1 Å². The summed E-state index contributed by atoms with van der Waals surface area (Å²) >= 11 is 1.70. The highest BCUT2D eigenvalue weighted by Crippen LogP contribution is 2.42. The minimum atomic E-state index is -0.0621. The molecule has 4 rings (SSSR count). The van der Waals surface area contributed by atoms with Gasteiger partial charge in [-0.1, -0.05) is 6.07 Å². The number of pyridine rings is 1. The second kappa shape index (κ2) is 5.45. The summed E-state index contributed by atoms with van der Waals surface area (Å²) < 4.78 is 1.74. The minimum absolute atomic E-state index is 0.0621. The van der Waals surface area contributed by atoms with Gasteiger partial charge in [0.2, 0.25) is 0 Å². The van der Waals surface area contributed by atoms with Crippen LogP contribution in [0.5, 0.6) is 0 Å². The fraction of sp³-hybridized carbons (Fsp3) is 0.353. The molecule has 5 nitrogen and oxygen atoms in total. The molecular formula is C17H18N4OS. The SMILES string of the molecule is Cc1nn(C)c2ncc(C(=O)N[C@H](c3cccs3)C3CC3)cc12. The van der Waals surface area contributed by atoms with E-state index in [0.29, 0.717) is 11.5 Å². The lowest BCUT2D eigenvalue weighted by atomic mass is 10.1. The van der Waals surface area contributed by atoms with Crippen LogP contribution in [0, 0.1) is 12.8 Å². The Hall–Kier alpha value is -2.21. The Morgan fingerprint density at radius 1 is 1.48 bits per heavy atom. The molecule has 1 atom stereocenters. The van der Waals surface area contributed by atoms with Crippen molar-refractivity contribution < 1.29 is 4.79 Å². The molecule has 0 radical (unpaired) electrons. The number of fused-ring (bicyclic) bond motifs is 1. The molecule has 1 saturated carbocycles. The molecule has 0 spiro atoms. The summed E-state index contributed by atoms with van der Waals surface area (Å²) in [5.41, 5.74) is 2.29. The van der Waals surface area contributed by atoms with Gasteiger partial charge in [0.25, 0.3) is 5.91 Å². The maximum absolute atomic E-state index is 12.7. The van der Waals surface area contributed by atoms with Crippen LogP contribution in [-0.4, -0.2) is 20.7 Å². The van der Waals surface area contributed by atoms with Crippen molar-refractivity contribution in [3.8, 4) is 0 Å². The molecule has 1 fully saturated rings. The van der Waals surface area contributed by atoms with E-state index in [4.69, 9.17) is 0 Å². The van der Waals surface area contributed by atoms with Crippen LogP contribution >= 0.6 is 11.3 Å². The molecule has 3 aromatic heterocycles. The summed E-state index contributed by atoms with van der Waals surface area (Å²) in [6.07, 6.45) is 4.00. The average Bonchev–Trinajstić information content (AvgIpc) is 3.16. The van der Waals surface area contributed by atoms with Gasteiger partial charge in [0.05, 0.1) is 17.3 Å². The summed E-state index contributed by atoms with van der Waals surface area (Å²) in [5.74, 6) is 0.502. The molecule has 1 aliphatic rings. The minimum Gasteiger partial charge on any atom is -0.344 e. The first-order valence-electron chi connectivity index (χ1n) is 7.77. The number of nitrogens with zero attached hydrogens (tertiary/aromatic N) is 3. The predicted octanol–water partition coefficient (Wildman–Crippen LogP) is 3.22.